The van der Waals surface area contributed by atoms with Crippen LogP contribution in [0.2, 0.25) is 0 Å². The Kier molecular flexibility index (Phi) is 9.27. The van der Waals surface area contributed by atoms with E-state index in [2.05, 4.69) is 288 Å². The van der Waals surface area contributed by atoms with Crippen molar-refractivity contribution in [1.29, 1.82) is 0 Å². The first-order chi connectivity index (χ1) is 38.7. The molecule has 4 aromatic heterocycles. The molecule has 0 atom stereocenters. The van der Waals surface area contributed by atoms with E-state index in [4.69, 9.17) is 8.83 Å². The van der Waals surface area contributed by atoms with Crippen molar-refractivity contribution < 1.29 is 8.83 Å². The number of furan rings is 2. The van der Waals surface area contributed by atoms with Crippen LogP contribution < -0.4 is 0 Å². The monoisotopic (exact) mass is 1030 g/mol. The quantitative estimate of drug-likeness (QED) is 0.166. The van der Waals surface area contributed by atoms with Gasteiger partial charge in [0, 0.05) is 93.6 Å². The standard InChI is InChI=1S/C72H46N2O2S2/c1-3-19-49(20-4-1)77(51-37-41-67-59(45-51)57-43-47(35-39-65(57)75-67)73-61-27-11-7-23-53(61)54-24-8-12-28-62(54)73)69-31-15-17-33-71(69)78(50-21-5-2-6-22-50,72-34-18-16-32-70(72)77)52-38-42-68-60(46-52)58-44-48(36-40-66(58)76-68)74-63-29-13-9-25-55(63)56-26-10-14-30-64(56)74/h1-46H. The van der Waals surface area contributed by atoms with Crippen LogP contribution in [-0.4, -0.2) is 9.13 Å². The van der Waals surface area contributed by atoms with Crippen LogP contribution in [0.5, 0.6) is 0 Å². The van der Waals surface area contributed by atoms with Crippen molar-refractivity contribution in [2.45, 2.75) is 39.2 Å². The van der Waals surface area contributed by atoms with Gasteiger partial charge < -0.3 is 18.0 Å². The molecule has 1 aliphatic rings. The number of hydrogen-bond acceptors (Lipinski definition) is 2. The fraction of sp³-hybridized carbons (Fsp3) is 0. The van der Waals surface area contributed by atoms with Crippen LogP contribution in [-0.2, 0) is 0 Å². The molecule has 6 heteroatoms. The van der Waals surface area contributed by atoms with E-state index >= 15 is 0 Å². The zero-order valence-electron chi connectivity index (χ0n) is 42.1. The summed E-state index contributed by atoms with van der Waals surface area (Å²) in [7, 11) is -4.38. The van der Waals surface area contributed by atoms with Crippen LogP contribution >= 0.6 is 20.1 Å². The van der Waals surface area contributed by atoms with Crippen molar-refractivity contribution in [2.24, 2.45) is 0 Å². The lowest BCUT2D eigenvalue weighted by atomic mass is 10.1. The largest absolute Gasteiger partial charge is 0.456 e. The molecule has 12 aromatic carbocycles. The number of fused-ring (bicyclic) bond motifs is 14. The smallest absolute Gasteiger partial charge is 0.135 e. The molecular formula is C72H46N2O2S2. The van der Waals surface area contributed by atoms with Crippen LogP contribution in [0.3, 0.4) is 0 Å². The van der Waals surface area contributed by atoms with E-state index in [-0.39, 0.29) is 0 Å². The Morgan fingerprint density at radius 3 is 0.846 bits per heavy atom. The summed E-state index contributed by atoms with van der Waals surface area (Å²) >= 11 is 0. The second-order valence-corrected chi connectivity index (χ2v) is 26.5. The van der Waals surface area contributed by atoms with Gasteiger partial charge in [0.15, 0.2) is 0 Å². The van der Waals surface area contributed by atoms with E-state index in [0.29, 0.717) is 0 Å². The Balaban J connectivity index is 0.921. The highest BCUT2D eigenvalue weighted by molar-refractivity contribution is 8.38. The van der Waals surface area contributed by atoms with Crippen LogP contribution in [0.1, 0.15) is 0 Å². The van der Waals surface area contributed by atoms with Crippen molar-refractivity contribution >= 4 is 108 Å². The third-order valence-corrected chi connectivity index (χ3v) is 24.6. The average molecular weight is 1040 g/mol. The number of nitrogens with zero attached hydrogens (tertiary/aromatic N) is 2. The molecule has 78 heavy (non-hydrogen) atoms. The van der Waals surface area contributed by atoms with Crippen molar-refractivity contribution in [3.63, 3.8) is 0 Å². The van der Waals surface area contributed by atoms with Gasteiger partial charge in [0.1, 0.15) is 22.3 Å². The van der Waals surface area contributed by atoms with Crippen LogP contribution in [0.15, 0.2) is 327 Å². The third kappa shape index (κ3) is 5.88. The molecule has 0 saturated carbocycles. The summed E-state index contributed by atoms with van der Waals surface area (Å²) in [6, 6.07) is 104. The molecule has 16 aromatic rings. The topological polar surface area (TPSA) is 36.1 Å². The highest BCUT2D eigenvalue weighted by Crippen LogP contribution is 2.88. The number of benzene rings is 12. The van der Waals surface area contributed by atoms with Gasteiger partial charge in [-0.15, -0.1) is 20.1 Å². The number of hydrogen-bond donors (Lipinski definition) is 0. The molecule has 368 valence electrons. The lowest BCUT2D eigenvalue weighted by Gasteiger charge is -2.55. The van der Waals surface area contributed by atoms with Gasteiger partial charge in [-0.05, 0) is 146 Å². The van der Waals surface area contributed by atoms with E-state index in [0.717, 1.165) is 55.3 Å². The van der Waals surface area contributed by atoms with Crippen molar-refractivity contribution in [3.05, 3.63) is 279 Å². The lowest BCUT2D eigenvalue weighted by molar-refractivity contribution is 0.668. The predicted molar refractivity (Wildman–Crippen MR) is 323 cm³/mol. The number of rotatable bonds is 6. The van der Waals surface area contributed by atoms with Crippen molar-refractivity contribution in [1.82, 2.24) is 9.13 Å². The van der Waals surface area contributed by atoms with Gasteiger partial charge >= 0.3 is 0 Å². The molecule has 0 fully saturated rings. The molecule has 1 aliphatic heterocycles. The van der Waals surface area contributed by atoms with Gasteiger partial charge in [0.25, 0.3) is 0 Å². The lowest BCUT2D eigenvalue weighted by Crippen LogP contribution is -2.18. The van der Waals surface area contributed by atoms with Gasteiger partial charge in [0.2, 0.25) is 0 Å². The molecule has 0 aliphatic carbocycles. The minimum Gasteiger partial charge on any atom is -0.456 e. The van der Waals surface area contributed by atoms with E-state index in [1.54, 1.807) is 0 Å². The third-order valence-electron chi connectivity index (χ3n) is 16.4. The number of para-hydroxylation sites is 4. The van der Waals surface area contributed by atoms with Gasteiger partial charge in [-0.1, -0.05) is 133 Å². The molecule has 0 N–H and O–H groups in total. The molecule has 0 radical (unpaired) electrons. The maximum atomic E-state index is 6.79. The molecule has 17 rings (SSSR count). The van der Waals surface area contributed by atoms with Gasteiger partial charge in [-0.2, -0.15) is 0 Å². The zero-order valence-corrected chi connectivity index (χ0v) is 43.7. The molecule has 0 bridgehead atoms. The molecule has 0 amide bonds. The summed E-state index contributed by atoms with van der Waals surface area (Å²) in [6.45, 7) is 0. The summed E-state index contributed by atoms with van der Waals surface area (Å²) < 4.78 is 18.4. The first kappa shape index (κ1) is 43.7. The Morgan fingerprint density at radius 2 is 0.500 bits per heavy atom. The molecule has 0 spiro atoms. The van der Waals surface area contributed by atoms with Crippen molar-refractivity contribution in [2.75, 3.05) is 0 Å². The first-order valence-electron chi connectivity index (χ1n) is 26.5. The predicted octanol–water partition coefficient (Wildman–Crippen LogP) is 20.7. The highest BCUT2D eigenvalue weighted by atomic mass is 32.3. The summed E-state index contributed by atoms with van der Waals surface area (Å²) in [6.07, 6.45) is 0. The molecule has 5 heterocycles. The van der Waals surface area contributed by atoms with Crippen molar-refractivity contribution in [3.8, 4) is 11.4 Å². The van der Waals surface area contributed by atoms with E-state index < -0.39 is 20.1 Å². The Hall–Kier alpha value is -9.46. The minimum atomic E-state index is -2.19. The summed E-state index contributed by atoms with van der Waals surface area (Å²) in [4.78, 5) is 10.5. The maximum Gasteiger partial charge on any atom is 0.135 e. The Morgan fingerprint density at radius 1 is 0.218 bits per heavy atom. The highest BCUT2D eigenvalue weighted by Gasteiger charge is 2.49. The van der Waals surface area contributed by atoms with Gasteiger partial charge in [-0.25, -0.2) is 0 Å². The first-order valence-corrected chi connectivity index (χ1v) is 29.8. The zero-order chi connectivity index (χ0) is 51.1. The molecular weight excluding hydrogens is 989 g/mol. The average Bonchev–Trinajstić information content (AvgIpc) is 4.34. The summed E-state index contributed by atoms with van der Waals surface area (Å²) in [5, 5.41) is 9.37. The van der Waals surface area contributed by atoms with E-state index in [1.807, 2.05) is 0 Å². The summed E-state index contributed by atoms with van der Waals surface area (Å²) in [5.74, 6) is 0. The Bertz CT molecular complexity index is 4650. The van der Waals surface area contributed by atoms with Crippen LogP contribution in [0.25, 0.3) is 98.9 Å². The van der Waals surface area contributed by atoms with Gasteiger partial charge in [-0.3, -0.25) is 0 Å². The van der Waals surface area contributed by atoms with Gasteiger partial charge in [0.05, 0.1) is 22.1 Å². The van der Waals surface area contributed by atoms with Crippen LogP contribution in [0.4, 0.5) is 0 Å². The SMILES string of the molecule is c1ccc(S2(c3ccc4oc5ccc(-n6c7ccccc7c7ccccc76)cc5c4c3)c3ccccc3S(c3ccccc3)(c3ccc4oc5ccc(-n6c7ccccc7c7ccccc76)cc5c4c3)c3ccccc32)cc1. The molecule has 0 saturated heterocycles. The summed E-state index contributed by atoms with van der Waals surface area (Å²) in [5.41, 5.74) is 10.4. The maximum absolute atomic E-state index is 6.79. The molecule has 4 nitrogen and oxygen atoms in total. The fourth-order valence-corrected chi connectivity index (χ4v) is 22.7. The minimum absolute atomic E-state index is 0.872. The fourth-order valence-electron chi connectivity index (χ4n) is 13.2. The number of aromatic nitrogens is 2. The molecule has 0 unspecified atom stereocenters. The van der Waals surface area contributed by atoms with E-state index in [9.17, 15) is 0 Å². The normalized spacial score (nSPS) is 17.9. The van der Waals surface area contributed by atoms with Crippen LogP contribution in [0, 0.1) is 0 Å². The second kappa shape index (κ2) is 16.5. The Labute approximate surface area is 452 Å². The second-order valence-electron chi connectivity index (χ2n) is 20.4. The van der Waals surface area contributed by atoms with E-state index in [1.165, 1.54) is 82.8 Å².